The van der Waals surface area contributed by atoms with Gasteiger partial charge in [0.25, 0.3) is 0 Å². The molecule has 6 aromatic carbocycles. The van der Waals surface area contributed by atoms with Gasteiger partial charge in [0.1, 0.15) is 6.07 Å². The van der Waals surface area contributed by atoms with E-state index in [9.17, 15) is 5.26 Å². The van der Waals surface area contributed by atoms with Gasteiger partial charge in [-0.2, -0.15) is 5.26 Å². The Balaban J connectivity index is 1.35. The van der Waals surface area contributed by atoms with Gasteiger partial charge in [0, 0.05) is 17.1 Å². The summed E-state index contributed by atoms with van der Waals surface area (Å²) in [5.74, 6) is 0. The van der Waals surface area contributed by atoms with Crippen molar-refractivity contribution in [2.75, 3.05) is 4.90 Å². The molecule has 0 atom stereocenters. The number of benzene rings is 6. The Morgan fingerprint density at radius 1 is 0.625 bits per heavy atom. The topological polar surface area (TPSA) is 31.4 Å². The van der Waals surface area contributed by atoms with Crippen molar-refractivity contribution in [2.45, 2.75) is 6.92 Å². The first-order chi connectivity index (χ1) is 19.7. The molecule has 0 saturated carbocycles. The third-order valence-electron chi connectivity index (χ3n) is 7.17. The van der Waals surface area contributed by atoms with E-state index in [-0.39, 0.29) is 0 Å². The monoisotopic (exact) mass is 511 g/mol. The third-order valence-corrected chi connectivity index (χ3v) is 7.17. The maximum Gasteiger partial charge on any atom is 0.202 e. The predicted molar refractivity (Wildman–Crippen MR) is 167 cm³/mol. The molecule has 0 aliphatic carbocycles. The summed E-state index contributed by atoms with van der Waals surface area (Å²) in [4.78, 5) is 6.10. The van der Waals surface area contributed by atoms with E-state index >= 15 is 0 Å². The first kappa shape index (κ1) is 24.7. The SMILES string of the molecule is [C-]#[N+]c1c2ccccc2c(C#N)c2ccc(C=Cc3ccc(N(c4ccccc4)c4ccc(C)cc4)cc3)cc12. The van der Waals surface area contributed by atoms with Crippen molar-refractivity contribution in [2.24, 2.45) is 0 Å². The second-order valence-electron chi connectivity index (χ2n) is 9.73. The van der Waals surface area contributed by atoms with E-state index in [1.807, 2.05) is 48.5 Å². The summed E-state index contributed by atoms with van der Waals surface area (Å²) >= 11 is 0. The summed E-state index contributed by atoms with van der Waals surface area (Å²) in [6.07, 6.45) is 4.13. The van der Waals surface area contributed by atoms with Gasteiger partial charge >= 0.3 is 0 Å². The fraction of sp³-hybridized carbons (Fsp3) is 0.0270. The lowest BCUT2D eigenvalue weighted by Crippen LogP contribution is -2.09. The van der Waals surface area contributed by atoms with Gasteiger partial charge in [-0.15, -0.1) is 0 Å². The molecule has 3 nitrogen and oxygen atoms in total. The molecule has 0 aromatic heterocycles. The maximum atomic E-state index is 9.89. The second kappa shape index (κ2) is 10.6. The fourth-order valence-corrected chi connectivity index (χ4v) is 5.16. The van der Waals surface area contributed by atoms with Gasteiger partial charge in [0.2, 0.25) is 5.69 Å². The minimum atomic E-state index is 0.585. The van der Waals surface area contributed by atoms with Crippen LogP contribution in [-0.4, -0.2) is 0 Å². The van der Waals surface area contributed by atoms with E-state index in [0.717, 1.165) is 49.7 Å². The van der Waals surface area contributed by atoms with Crippen LogP contribution < -0.4 is 4.90 Å². The normalized spacial score (nSPS) is 11.0. The van der Waals surface area contributed by atoms with Crippen LogP contribution in [0.25, 0.3) is 38.5 Å². The van der Waals surface area contributed by atoms with Gasteiger partial charge in [-0.25, -0.2) is 4.85 Å². The molecule has 0 N–H and O–H groups in total. The average molecular weight is 512 g/mol. The number of hydrogen-bond acceptors (Lipinski definition) is 2. The second-order valence-corrected chi connectivity index (χ2v) is 9.73. The van der Waals surface area contributed by atoms with Crippen LogP contribution in [0.3, 0.4) is 0 Å². The third kappa shape index (κ3) is 4.58. The fourth-order valence-electron chi connectivity index (χ4n) is 5.16. The van der Waals surface area contributed by atoms with Gasteiger partial charge in [0.05, 0.1) is 12.1 Å². The molecule has 3 heteroatoms. The quantitative estimate of drug-likeness (QED) is 0.131. The van der Waals surface area contributed by atoms with Crippen LogP contribution in [0.15, 0.2) is 121 Å². The zero-order valence-electron chi connectivity index (χ0n) is 22.0. The summed E-state index contributed by atoms with van der Waals surface area (Å²) < 4.78 is 0. The molecule has 0 spiro atoms. The van der Waals surface area contributed by atoms with Crippen molar-refractivity contribution in [3.05, 3.63) is 155 Å². The molecular weight excluding hydrogens is 486 g/mol. The Morgan fingerprint density at radius 2 is 1.18 bits per heavy atom. The molecule has 6 aromatic rings. The van der Waals surface area contributed by atoms with E-state index in [4.69, 9.17) is 6.57 Å². The minimum absolute atomic E-state index is 0.585. The lowest BCUT2D eigenvalue weighted by atomic mass is 9.94. The van der Waals surface area contributed by atoms with Crippen molar-refractivity contribution in [3.63, 3.8) is 0 Å². The van der Waals surface area contributed by atoms with Crippen LogP contribution >= 0.6 is 0 Å². The van der Waals surface area contributed by atoms with Gasteiger partial charge in [-0.1, -0.05) is 103 Å². The molecule has 0 bridgehead atoms. The average Bonchev–Trinajstić information content (AvgIpc) is 3.01. The van der Waals surface area contributed by atoms with Crippen molar-refractivity contribution in [1.29, 1.82) is 5.26 Å². The Labute approximate surface area is 234 Å². The highest BCUT2D eigenvalue weighted by atomic mass is 15.1. The smallest absolute Gasteiger partial charge is 0.202 e. The first-order valence-electron chi connectivity index (χ1n) is 13.1. The van der Waals surface area contributed by atoms with Crippen molar-refractivity contribution in [3.8, 4) is 6.07 Å². The van der Waals surface area contributed by atoms with E-state index in [2.05, 4.69) is 108 Å². The van der Waals surface area contributed by atoms with Crippen LogP contribution in [0, 0.1) is 24.8 Å². The molecule has 40 heavy (non-hydrogen) atoms. The highest BCUT2D eigenvalue weighted by molar-refractivity contribution is 6.15. The number of para-hydroxylation sites is 1. The lowest BCUT2D eigenvalue weighted by molar-refractivity contribution is 1.27. The van der Waals surface area contributed by atoms with Crippen LogP contribution in [-0.2, 0) is 0 Å². The van der Waals surface area contributed by atoms with Gasteiger partial charge in [-0.05, 0) is 76.0 Å². The summed E-state index contributed by atoms with van der Waals surface area (Å²) in [5, 5.41) is 13.1. The number of hydrogen-bond donors (Lipinski definition) is 0. The Morgan fingerprint density at radius 3 is 1.85 bits per heavy atom. The number of nitriles is 1. The zero-order valence-corrected chi connectivity index (χ0v) is 22.0. The molecule has 0 saturated heterocycles. The van der Waals surface area contributed by atoms with E-state index < -0.39 is 0 Å². The molecule has 0 unspecified atom stereocenters. The predicted octanol–water partition coefficient (Wildman–Crippen LogP) is 10.4. The van der Waals surface area contributed by atoms with Crippen LogP contribution in [0.2, 0.25) is 0 Å². The van der Waals surface area contributed by atoms with Gasteiger partial charge in [-0.3, -0.25) is 0 Å². The van der Waals surface area contributed by atoms with Crippen LogP contribution in [0.5, 0.6) is 0 Å². The molecule has 0 aliphatic rings. The molecule has 0 heterocycles. The number of nitrogens with zero attached hydrogens (tertiary/aromatic N) is 3. The van der Waals surface area contributed by atoms with Crippen molar-refractivity contribution in [1.82, 2.24) is 0 Å². The Kier molecular flexibility index (Phi) is 6.55. The molecule has 188 valence electrons. The highest BCUT2D eigenvalue weighted by Gasteiger charge is 2.14. The molecule has 0 radical (unpaired) electrons. The van der Waals surface area contributed by atoms with Crippen LogP contribution in [0.4, 0.5) is 22.7 Å². The number of rotatable bonds is 5. The van der Waals surface area contributed by atoms with Crippen molar-refractivity contribution >= 4 is 56.4 Å². The van der Waals surface area contributed by atoms with Gasteiger partial charge < -0.3 is 4.90 Å². The number of aryl methyl sites for hydroxylation is 1. The molecule has 0 aliphatic heterocycles. The lowest BCUT2D eigenvalue weighted by Gasteiger charge is -2.25. The van der Waals surface area contributed by atoms with Crippen LogP contribution in [0.1, 0.15) is 22.3 Å². The zero-order chi connectivity index (χ0) is 27.5. The maximum absolute atomic E-state index is 9.89. The summed E-state index contributed by atoms with van der Waals surface area (Å²) in [5.41, 5.74) is 7.76. The number of anilines is 3. The highest BCUT2D eigenvalue weighted by Crippen LogP contribution is 2.39. The Bertz CT molecular complexity index is 1950. The summed E-state index contributed by atoms with van der Waals surface area (Å²) in [7, 11) is 0. The number of fused-ring (bicyclic) bond motifs is 2. The summed E-state index contributed by atoms with van der Waals surface area (Å²) in [6, 6.07) is 43.4. The van der Waals surface area contributed by atoms with Gasteiger partial charge in [0.15, 0.2) is 0 Å². The molecule has 6 rings (SSSR count). The van der Waals surface area contributed by atoms with E-state index in [1.165, 1.54) is 5.56 Å². The standard InChI is InChI=1S/C37H25N3/c1-26-12-19-30(20-13-26)40(29-8-4-3-5-9-29)31-21-16-27(17-22-31)14-15-28-18-23-33-35(24-28)37(39-2)34-11-7-6-10-32(34)36(33)25-38/h3-24H,1H3. The first-order valence-corrected chi connectivity index (χ1v) is 13.1. The molecule has 0 amide bonds. The molecular formula is C37H25N3. The largest absolute Gasteiger partial charge is 0.311 e. The Hall–Kier alpha value is -5.64. The van der Waals surface area contributed by atoms with Crippen molar-refractivity contribution < 1.29 is 0 Å². The van der Waals surface area contributed by atoms with E-state index in [0.29, 0.717) is 11.3 Å². The minimum Gasteiger partial charge on any atom is -0.311 e. The van der Waals surface area contributed by atoms with E-state index in [1.54, 1.807) is 0 Å². The summed E-state index contributed by atoms with van der Waals surface area (Å²) in [6.45, 7) is 9.95. The molecule has 0 fully saturated rings.